The van der Waals surface area contributed by atoms with E-state index in [-0.39, 0.29) is 17.6 Å². The maximum Gasteiger partial charge on any atom is 0.291 e. The largest absolute Gasteiger partial charge is 0.467 e. The summed E-state index contributed by atoms with van der Waals surface area (Å²) in [6.45, 7) is 4.45. The van der Waals surface area contributed by atoms with Crippen molar-refractivity contribution in [2.24, 2.45) is 0 Å². The fourth-order valence-electron chi connectivity index (χ4n) is 3.27. The Hall–Kier alpha value is -4.00. The van der Waals surface area contributed by atoms with Crippen LogP contribution < -0.4 is 10.6 Å². The van der Waals surface area contributed by atoms with Crippen molar-refractivity contribution in [2.75, 3.05) is 10.6 Å². The third-order valence-corrected chi connectivity index (χ3v) is 4.86. The van der Waals surface area contributed by atoms with Crippen LogP contribution in [0.2, 0.25) is 0 Å². The zero-order valence-corrected chi connectivity index (χ0v) is 16.6. The molecule has 0 bridgehead atoms. The first-order chi connectivity index (χ1) is 14.5. The molecule has 3 heterocycles. The van der Waals surface area contributed by atoms with Gasteiger partial charge in [-0.25, -0.2) is 0 Å². The number of carbonyl (C=O) groups excluding carboxylic acids is 2. The van der Waals surface area contributed by atoms with E-state index in [1.165, 1.54) is 6.26 Å². The van der Waals surface area contributed by atoms with Gasteiger partial charge in [-0.05, 0) is 68.4 Å². The zero-order chi connectivity index (χ0) is 21.1. The van der Waals surface area contributed by atoms with Crippen LogP contribution in [0.3, 0.4) is 0 Å². The lowest BCUT2D eigenvalue weighted by Gasteiger charge is -2.09. The molecule has 4 rings (SSSR count). The highest BCUT2D eigenvalue weighted by Crippen LogP contribution is 2.20. The highest BCUT2D eigenvalue weighted by Gasteiger charge is 2.17. The van der Waals surface area contributed by atoms with Crippen molar-refractivity contribution in [1.82, 2.24) is 4.57 Å². The van der Waals surface area contributed by atoms with Gasteiger partial charge in [0.1, 0.15) is 5.76 Å². The number of rotatable bonds is 6. The highest BCUT2D eigenvalue weighted by atomic mass is 16.3. The summed E-state index contributed by atoms with van der Waals surface area (Å²) in [5.74, 6) is 0.537. The Morgan fingerprint density at radius 1 is 0.867 bits per heavy atom. The second kappa shape index (κ2) is 8.16. The zero-order valence-electron chi connectivity index (χ0n) is 16.6. The van der Waals surface area contributed by atoms with Crippen molar-refractivity contribution in [3.8, 4) is 0 Å². The molecular weight excluding hydrogens is 382 g/mol. The van der Waals surface area contributed by atoms with Crippen LogP contribution in [0, 0.1) is 13.8 Å². The number of aryl methyl sites for hydroxylation is 1. The van der Waals surface area contributed by atoms with Gasteiger partial charge < -0.3 is 24.0 Å². The molecule has 30 heavy (non-hydrogen) atoms. The maximum atomic E-state index is 12.8. The first-order valence-electron chi connectivity index (χ1n) is 9.46. The predicted octanol–water partition coefficient (Wildman–Crippen LogP) is 4.84. The van der Waals surface area contributed by atoms with Crippen LogP contribution in [0.25, 0.3) is 0 Å². The highest BCUT2D eigenvalue weighted by molar-refractivity contribution is 6.06. The van der Waals surface area contributed by atoms with Gasteiger partial charge in [-0.2, -0.15) is 0 Å². The molecule has 1 aromatic carbocycles. The van der Waals surface area contributed by atoms with Crippen LogP contribution in [0.4, 0.5) is 11.4 Å². The summed E-state index contributed by atoms with van der Waals surface area (Å²) >= 11 is 0. The molecule has 0 aliphatic rings. The van der Waals surface area contributed by atoms with Gasteiger partial charge in [0.2, 0.25) is 0 Å². The smallest absolute Gasteiger partial charge is 0.291 e. The molecule has 7 nitrogen and oxygen atoms in total. The minimum atomic E-state index is -0.333. The second-order valence-electron chi connectivity index (χ2n) is 6.91. The molecule has 0 spiro atoms. The molecule has 0 aliphatic heterocycles. The van der Waals surface area contributed by atoms with Gasteiger partial charge in [0.05, 0.1) is 24.6 Å². The van der Waals surface area contributed by atoms with Crippen LogP contribution >= 0.6 is 0 Å². The number of nitrogens with zero attached hydrogens (tertiary/aromatic N) is 1. The minimum Gasteiger partial charge on any atom is -0.467 e. The number of nitrogens with one attached hydrogen (secondary N) is 2. The Kier molecular flexibility index (Phi) is 5.26. The number of amides is 2. The van der Waals surface area contributed by atoms with Crippen molar-refractivity contribution >= 4 is 23.2 Å². The van der Waals surface area contributed by atoms with E-state index in [1.54, 1.807) is 42.7 Å². The first-order valence-corrected chi connectivity index (χ1v) is 9.46. The van der Waals surface area contributed by atoms with Gasteiger partial charge in [-0.1, -0.05) is 0 Å². The third kappa shape index (κ3) is 4.05. The van der Waals surface area contributed by atoms with Gasteiger partial charge in [0, 0.05) is 22.8 Å². The van der Waals surface area contributed by atoms with Crippen LogP contribution in [0.1, 0.15) is 38.1 Å². The molecule has 2 N–H and O–H groups in total. The van der Waals surface area contributed by atoms with E-state index in [4.69, 9.17) is 8.83 Å². The standard InChI is InChI=1S/C23H21N3O4/c1-15-13-20(16(2)26(15)14-19-5-3-11-29-19)22(27)24-17-7-9-18(10-8-17)25-23(28)21-6-4-12-30-21/h3-13H,14H2,1-2H3,(H,24,27)(H,25,28). The number of carbonyl (C=O) groups is 2. The van der Waals surface area contributed by atoms with Crippen molar-refractivity contribution in [3.05, 3.63) is 95.6 Å². The lowest BCUT2D eigenvalue weighted by Crippen LogP contribution is -2.14. The van der Waals surface area contributed by atoms with Gasteiger partial charge in [0.25, 0.3) is 11.8 Å². The lowest BCUT2D eigenvalue weighted by molar-refractivity contribution is 0.0994. The predicted molar refractivity (Wildman–Crippen MR) is 113 cm³/mol. The number of hydrogen-bond donors (Lipinski definition) is 2. The quantitative estimate of drug-likeness (QED) is 0.482. The van der Waals surface area contributed by atoms with Crippen LogP contribution in [0.5, 0.6) is 0 Å². The van der Waals surface area contributed by atoms with Crippen LogP contribution in [-0.4, -0.2) is 16.4 Å². The van der Waals surface area contributed by atoms with E-state index in [0.29, 0.717) is 23.5 Å². The molecular formula is C23H21N3O4. The van der Waals surface area contributed by atoms with E-state index in [9.17, 15) is 9.59 Å². The molecule has 0 saturated heterocycles. The minimum absolute atomic E-state index is 0.193. The SMILES string of the molecule is Cc1cc(C(=O)Nc2ccc(NC(=O)c3ccco3)cc2)c(C)n1Cc1ccco1. The molecule has 0 atom stereocenters. The van der Waals surface area contributed by atoms with Crippen molar-refractivity contribution < 1.29 is 18.4 Å². The number of furan rings is 2. The van der Waals surface area contributed by atoms with Crippen molar-refractivity contribution in [3.63, 3.8) is 0 Å². The molecule has 7 heteroatoms. The maximum absolute atomic E-state index is 12.8. The summed E-state index contributed by atoms with van der Waals surface area (Å²) in [5.41, 5.74) is 3.68. The molecule has 152 valence electrons. The monoisotopic (exact) mass is 403 g/mol. The van der Waals surface area contributed by atoms with E-state index in [0.717, 1.165) is 17.1 Å². The summed E-state index contributed by atoms with van der Waals surface area (Å²) < 4.78 is 12.5. The summed E-state index contributed by atoms with van der Waals surface area (Å²) in [6, 6.07) is 15.8. The molecule has 0 aliphatic carbocycles. The van der Waals surface area contributed by atoms with E-state index in [2.05, 4.69) is 10.6 Å². The molecule has 0 saturated carbocycles. The Balaban J connectivity index is 1.43. The van der Waals surface area contributed by atoms with Crippen LogP contribution in [0.15, 0.2) is 76.0 Å². The van der Waals surface area contributed by atoms with Gasteiger partial charge >= 0.3 is 0 Å². The second-order valence-corrected chi connectivity index (χ2v) is 6.91. The van der Waals surface area contributed by atoms with Crippen molar-refractivity contribution in [1.29, 1.82) is 0 Å². The number of aromatic nitrogens is 1. The molecule has 4 aromatic rings. The van der Waals surface area contributed by atoms with Gasteiger partial charge in [-0.3, -0.25) is 9.59 Å². The normalized spacial score (nSPS) is 10.7. The van der Waals surface area contributed by atoms with E-state index < -0.39 is 0 Å². The van der Waals surface area contributed by atoms with E-state index >= 15 is 0 Å². The Morgan fingerprint density at radius 3 is 2.10 bits per heavy atom. The molecule has 0 fully saturated rings. The van der Waals surface area contributed by atoms with Crippen LogP contribution in [-0.2, 0) is 6.54 Å². The number of hydrogen-bond acceptors (Lipinski definition) is 4. The molecule has 0 unspecified atom stereocenters. The lowest BCUT2D eigenvalue weighted by atomic mass is 10.2. The van der Waals surface area contributed by atoms with Gasteiger partial charge in [-0.15, -0.1) is 0 Å². The summed E-state index contributed by atoms with van der Waals surface area (Å²) in [5, 5.41) is 5.64. The summed E-state index contributed by atoms with van der Waals surface area (Å²) in [6.07, 6.45) is 3.08. The fourth-order valence-corrected chi connectivity index (χ4v) is 3.27. The Morgan fingerprint density at radius 2 is 1.50 bits per heavy atom. The Labute approximate surface area is 173 Å². The average Bonchev–Trinajstić information content (AvgIpc) is 3.48. The number of benzene rings is 1. The van der Waals surface area contributed by atoms with Gasteiger partial charge in [0.15, 0.2) is 5.76 Å². The third-order valence-electron chi connectivity index (χ3n) is 4.86. The number of anilines is 2. The Bertz CT molecular complexity index is 1150. The molecule has 0 radical (unpaired) electrons. The first kappa shape index (κ1) is 19.3. The fraction of sp³-hybridized carbons (Fsp3) is 0.130. The van der Waals surface area contributed by atoms with E-state index in [1.807, 2.05) is 36.6 Å². The molecule has 2 amide bonds. The summed E-state index contributed by atoms with van der Waals surface area (Å²) in [4.78, 5) is 24.8. The topological polar surface area (TPSA) is 89.4 Å². The van der Waals surface area contributed by atoms with Crippen molar-refractivity contribution in [2.45, 2.75) is 20.4 Å². The molecule has 3 aromatic heterocycles. The summed E-state index contributed by atoms with van der Waals surface area (Å²) in [7, 11) is 0. The average molecular weight is 403 g/mol.